The van der Waals surface area contributed by atoms with Crippen LogP contribution in [0.3, 0.4) is 0 Å². The molecule has 3 aromatic heterocycles. The maximum Gasteiger partial charge on any atom is 0.275 e. The molecule has 6 aromatic carbocycles. The summed E-state index contributed by atoms with van der Waals surface area (Å²) in [7, 11) is 0. The van der Waals surface area contributed by atoms with Crippen molar-refractivity contribution in [3.8, 4) is 22.5 Å². The van der Waals surface area contributed by atoms with Crippen LogP contribution in [0.15, 0.2) is 158 Å². The quantitative estimate of drug-likeness (QED) is 0.184. The summed E-state index contributed by atoms with van der Waals surface area (Å²) in [5, 5.41) is 3.75. The van der Waals surface area contributed by atoms with Crippen molar-refractivity contribution in [2.75, 3.05) is 4.90 Å². The fourth-order valence-electron chi connectivity index (χ4n) is 8.70. The third-order valence-electron chi connectivity index (χ3n) is 10.7. The summed E-state index contributed by atoms with van der Waals surface area (Å²) in [4.78, 5) is 7.73. The highest BCUT2D eigenvalue weighted by atomic mass is 15.2. The largest absolute Gasteiger partial charge is 0.311 e. The minimum Gasteiger partial charge on any atom is -0.311 e. The molecule has 228 valence electrons. The molecular weight excluding hydrogens is 595 g/mol. The smallest absolute Gasteiger partial charge is 0.275 e. The van der Waals surface area contributed by atoms with Gasteiger partial charge < -0.3 is 4.90 Å². The second-order valence-electron chi connectivity index (χ2n) is 13.2. The lowest BCUT2D eigenvalue weighted by molar-refractivity contribution is 1.07. The highest BCUT2D eigenvalue weighted by Crippen LogP contribution is 2.45. The van der Waals surface area contributed by atoms with Gasteiger partial charge in [0.15, 0.2) is 0 Å². The van der Waals surface area contributed by atoms with Gasteiger partial charge in [-0.1, -0.05) is 97.1 Å². The normalized spacial score (nSPS) is 12.9. The number of fused-ring (bicyclic) bond motifs is 9. The number of aryl methyl sites for hydroxylation is 1. The van der Waals surface area contributed by atoms with E-state index in [0.29, 0.717) is 0 Å². The van der Waals surface area contributed by atoms with Gasteiger partial charge in [0.1, 0.15) is 5.65 Å². The standard InChI is InChI=1S/C44H29BN4/c1-28-14-8-9-19-32(28)29-26-38-41-39(27-29)49-42-34(40-33-20-10-12-22-36(33)48(44(40)49)31-17-6-3-7-18-31)24-25-46-43(42)45(41)35-21-11-13-23-37(35)47(38)30-15-4-2-5-16-30/h2-27H,1H3. The number of pyridine rings is 1. The SMILES string of the molecule is Cc1ccccc1-c1cc2c3c(c1)-n1c4c(nccc4c4c5ccccc5n(-c5ccccc5)c41)B3c1ccccc1N2c1ccccc1. The molecule has 0 atom stereocenters. The Bertz CT molecular complexity index is 2800. The number of rotatable bonds is 3. The monoisotopic (exact) mass is 624 g/mol. The molecule has 0 amide bonds. The van der Waals surface area contributed by atoms with Gasteiger partial charge in [-0.05, 0) is 89.1 Å². The predicted octanol–water partition coefficient (Wildman–Crippen LogP) is 8.71. The topological polar surface area (TPSA) is 26.0 Å². The van der Waals surface area contributed by atoms with Crippen molar-refractivity contribution in [2.45, 2.75) is 6.92 Å². The van der Waals surface area contributed by atoms with Crippen LogP contribution in [-0.4, -0.2) is 20.8 Å². The van der Waals surface area contributed by atoms with Crippen LogP contribution in [0.2, 0.25) is 0 Å². The van der Waals surface area contributed by atoms with Gasteiger partial charge in [0.25, 0.3) is 6.71 Å². The van der Waals surface area contributed by atoms with Crippen molar-refractivity contribution in [2.24, 2.45) is 0 Å². The molecule has 11 rings (SSSR count). The van der Waals surface area contributed by atoms with Crippen LogP contribution in [0, 0.1) is 6.92 Å². The molecular formula is C44H29BN4. The van der Waals surface area contributed by atoms with Gasteiger partial charge >= 0.3 is 0 Å². The number of hydrogen-bond donors (Lipinski definition) is 0. The zero-order chi connectivity index (χ0) is 32.2. The van der Waals surface area contributed by atoms with Crippen molar-refractivity contribution >= 4 is 73.1 Å². The van der Waals surface area contributed by atoms with Gasteiger partial charge in [-0.25, -0.2) is 0 Å². The van der Waals surface area contributed by atoms with Crippen molar-refractivity contribution in [3.63, 3.8) is 0 Å². The lowest BCUT2D eigenvalue weighted by atomic mass is 9.35. The molecule has 5 heterocycles. The molecule has 0 spiro atoms. The molecule has 2 aliphatic heterocycles. The predicted molar refractivity (Wildman–Crippen MR) is 205 cm³/mol. The first-order chi connectivity index (χ1) is 24.3. The van der Waals surface area contributed by atoms with Crippen molar-refractivity contribution in [1.29, 1.82) is 0 Å². The Kier molecular flexibility index (Phi) is 5.37. The average molecular weight is 625 g/mol. The molecule has 2 aliphatic rings. The van der Waals surface area contributed by atoms with Crippen LogP contribution in [0.1, 0.15) is 5.56 Å². The number of para-hydroxylation sites is 4. The number of benzene rings is 6. The average Bonchev–Trinajstić information content (AvgIpc) is 3.67. The number of hydrogen-bond acceptors (Lipinski definition) is 2. The molecule has 4 nitrogen and oxygen atoms in total. The zero-order valence-corrected chi connectivity index (χ0v) is 26.9. The van der Waals surface area contributed by atoms with E-state index in [0.717, 1.165) is 17.0 Å². The molecule has 0 unspecified atom stereocenters. The molecule has 0 fully saturated rings. The fraction of sp³-hybridized carbons (Fsp3) is 0.0227. The molecule has 0 radical (unpaired) electrons. The summed E-state index contributed by atoms with van der Waals surface area (Å²) >= 11 is 0. The Morgan fingerprint density at radius 3 is 2.10 bits per heavy atom. The number of nitrogens with zero attached hydrogens (tertiary/aromatic N) is 4. The zero-order valence-electron chi connectivity index (χ0n) is 26.9. The highest BCUT2D eigenvalue weighted by molar-refractivity contribution is 6.99. The molecule has 0 saturated carbocycles. The van der Waals surface area contributed by atoms with E-state index >= 15 is 0 Å². The minimum atomic E-state index is -0.0151. The van der Waals surface area contributed by atoms with Crippen molar-refractivity contribution in [1.82, 2.24) is 14.1 Å². The van der Waals surface area contributed by atoms with Crippen molar-refractivity contribution < 1.29 is 0 Å². The Balaban J connectivity index is 1.38. The van der Waals surface area contributed by atoms with Gasteiger partial charge in [-0.3, -0.25) is 14.1 Å². The third-order valence-corrected chi connectivity index (χ3v) is 10.7. The Labute approximate surface area is 284 Å². The van der Waals surface area contributed by atoms with E-state index < -0.39 is 0 Å². The first kappa shape index (κ1) is 26.7. The van der Waals surface area contributed by atoms with Crippen LogP contribution in [0.5, 0.6) is 0 Å². The van der Waals surface area contributed by atoms with E-state index in [4.69, 9.17) is 4.98 Å². The van der Waals surface area contributed by atoms with Gasteiger partial charge in [0.05, 0.1) is 11.0 Å². The van der Waals surface area contributed by atoms with Gasteiger partial charge in [-0.2, -0.15) is 0 Å². The first-order valence-corrected chi connectivity index (χ1v) is 16.9. The number of anilines is 3. The van der Waals surface area contributed by atoms with E-state index in [1.165, 1.54) is 77.5 Å². The van der Waals surface area contributed by atoms with E-state index in [1.54, 1.807) is 0 Å². The molecule has 5 heteroatoms. The summed E-state index contributed by atoms with van der Waals surface area (Å²) in [5.41, 5.74) is 16.8. The summed E-state index contributed by atoms with van der Waals surface area (Å²) < 4.78 is 4.99. The maximum absolute atomic E-state index is 5.26. The summed E-state index contributed by atoms with van der Waals surface area (Å²) in [6, 6.07) is 55.2. The van der Waals surface area contributed by atoms with Crippen LogP contribution >= 0.6 is 0 Å². The van der Waals surface area contributed by atoms with E-state index in [1.807, 2.05) is 6.20 Å². The summed E-state index contributed by atoms with van der Waals surface area (Å²) in [6.45, 7) is 2.20. The van der Waals surface area contributed by atoms with Crippen LogP contribution in [-0.2, 0) is 0 Å². The molecule has 9 aromatic rings. The van der Waals surface area contributed by atoms with Gasteiger partial charge in [-0.15, -0.1) is 0 Å². The highest BCUT2D eigenvalue weighted by Gasteiger charge is 2.44. The molecule has 0 saturated heterocycles. The lowest BCUT2D eigenvalue weighted by Gasteiger charge is -2.40. The molecule has 0 bridgehead atoms. The van der Waals surface area contributed by atoms with Gasteiger partial charge in [0, 0.05) is 56.4 Å². The number of aromatic nitrogens is 3. The third kappa shape index (κ3) is 3.51. The molecule has 0 aliphatic carbocycles. The minimum absolute atomic E-state index is 0.0151. The van der Waals surface area contributed by atoms with E-state index in [2.05, 4.69) is 173 Å². The van der Waals surface area contributed by atoms with Crippen molar-refractivity contribution in [3.05, 3.63) is 163 Å². The van der Waals surface area contributed by atoms with Crippen LogP contribution in [0.25, 0.3) is 55.3 Å². The second-order valence-corrected chi connectivity index (χ2v) is 13.2. The lowest BCUT2D eigenvalue weighted by Crippen LogP contribution is -2.61. The van der Waals surface area contributed by atoms with Crippen LogP contribution < -0.4 is 21.4 Å². The molecule has 0 N–H and O–H groups in total. The second kappa shape index (κ2) is 9.85. The maximum atomic E-state index is 5.26. The first-order valence-electron chi connectivity index (χ1n) is 16.9. The Morgan fingerprint density at radius 2 is 1.27 bits per heavy atom. The van der Waals surface area contributed by atoms with Crippen LogP contribution in [0.4, 0.5) is 17.1 Å². The summed E-state index contributed by atoms with van der Waals surface area (Å²) in [6.07, 6.45) is 2.02. The summed E-state index contributed by atoms with van der Waals surface area (Å²) in [5.74, 6) is 0. The van der Waals surface area contributed by atoms with Gasteiger partial charge in [0.2, 0.25) is 0 Å². The fourth-order valence-corrected chi connectivity index (χ4v) is 8.70. The Hall–Kier alpha value is -6.33. The molecule has 49 heavy (non-hydrogen) atoms. The van der Waals surface area contributed by atoms with E-state index in [-0.39, 0.29) is 6.71 Å². The van der Waals surface area contributed by atoms with E-state index in [9.17, 15) is 0 Å². The Morgan fingerprint density at radius 1 is 0.571 bits per heavy atom.